The van der Waals surface area contributed by atoms with Gasteiger partial charge in [0.2, 0.25) is 0 Å². The lowest BCUT2D eigenvalue weighted by atomic mass is 10.0. The number of aryl methyl sites for hydroxylation is 1. The molecule has 1 aromatic rings. The van der Waals surface area contributed by atoms with Gasteiger partial charge in [-0.05, 0) is 37.0 Å². The number of morpholine rings is 1. The Balaban J connectivity index is 2.03. The van der Waals surface area contributed by atoms with Gasteiger partial charge in [-0.3, -0.25) is 4.79 Å². The van der Waals surface area contributed by atoms with Gasteiger partial charge in [0.05, 0.1) is 12.6 Å². The normalized spacial score (nSPS) is 21.0. The summed E-state index contributed by atoms with van der Waals surface area (Å²) in [5.41, 5.74) is 2.11. The van der Waals surface area contributed by atoms with E-state index in [1.807, 2.05) is 25.1 Å². The molecule has 1 amide bonds. The molecule has 1 fully saturated rings. The molecule has 1 saturated heterocycles. The van der Waals surface area contributed by atoms with E-state index in [0.29, 0.717) is 12.3 Å². The van der Waals surface area contributed by atoms with Crippen molar-refractivity contribution in [1.82, 2.24) is 4.90 Å². The molecule has 0 saturated carbocycles. The summed E-state index contributed by atoms with van der Waals surface area (Å²) in [5.74, 6) is -0.293. The highest BCUT2D eigenvalue weighted by Crippen LogP contribution is 2.27. The minimum absolute atomic E-state index is 0.0483. The first-order chi connectivity index (χ1) is 11.3. The fourth-order valence-electron chi connectivity index (χ4n) is 2.77. The zero-order valence-corrected chi connectivity index (χ0v) is 14.6. The van der Waals surface area contributed by atoms with Gasteiger partial charge in [0.15, 0.2) is 12.7 Å². The molecule has 0 aromatic heterocycles. The first-order valence-electron chi connectivity index (χ1n) is 8.17. The number of hydrogen-bond donors (Lipinski definition) is 1. The van der Waals surface area contributed by atoms with Crippen LogP contribution in [0.5, 0.6) is 5.75 Å². The second kappa shape index (κ2) is 7.66. The van der Waals surface area contributed by atoms with Gasteiger partial charge in [0.25, 0.3) is 5.91 Å². The average molecular weight is 335 g/mol. The van der Waals surface area contributed by atoms with E-state index in [1.54, 1.807) is 6.92 Å². The first-order valence-corrected chi connectivity index (χ1v) is 8.17. The van der Waals surface area contributed by atoms with E-state index >= 15 is 0 Å². The van der Waals surface area contributed by atoms with Crippen LogP contribution >= 0.6 is 0 Å². The summed E-state index contributed by atoms with van der Waals surface area (Å²) in [6.45, 7) is 8.18. The van der Waals surface area contributed by atoms with Crippen LogP contribution in [0.2, 0.25) is 0 Å². The Bertz CT molecular complexity index is 613. The Labute approximate surface area is 142 Å². The lowest BCUT2D eigenvalue weighted by molar-refractivity contribution is -0.167. The highest BCUT2D eigenvalue weighted by atomic mass is 16.5. The Hall–Kier alpha value is -2.08. The number of hydrogen-bond acceptors (Lipinski definition) is 4. The summed E-state index contributed by atoms with van der Waals surface area (Å²) < 4.78 is 11.1. The average Bonchev–Trinajstić information content (AvgIpc) is 2.51. The van der Waals surface area contributed by atoms with Gasteiger partial charge in [0.1, 0.15) is 5.75 Å². The molecule has 24 heavy (non-hydrogen) atoms. The van der Waals surface area contributed by atoms with E-state index in [2.05, 4.69) is 13.8 Å². The van der Waals surface area contributed by atoms with E-state index in [1.165, 1.54) is 4.90 Å². The molecule has 0 radical (unpaired) electrons. The summed E-state index contributed by atoms with van der Waals surface area (Å²) in [7, 11) is 0. The molecule has 1 heterocycles. The monoisotopic (exact) mass is 335 g/mol. The van der Waals surface area contributed by atoms with Crippen molar-refractivity contribution in [2.45, 2.75) is 45.8 Å². The number of carbonyl (C=O) groups excluding carboxylic acids is 1. The second-order valence-corrected chi connectivity index (χ2v) is 6.56. The van der Waals surface area contributed by atoms with E-state index in [9.17, 15) is 9.59 Å². The number of carbonyl (C=O) groups is 2. The number of carboxylic acid groups (broad SMARTS) is 1. The SMILES string of the molecule is Cc1ccc(C(C)C)c(OCC(=O)N2CC(C(=O)O)O[C@H](C)C2)c1. The smallest absolute Gasteiger partial charge is 0.334 e. The molecule has 1 aliphatic rings. The minimum atomic E-state index is -1.05. The summed E-state index contributed by atoms with van der Waals surface area (Å²) in [5, 5.41) is 9.10. The predicted molar refractivity (Wildman–Crippen MR) is 89.3 cm³/mol. The molecule has 2 atom stereocenters. The molecule has 6 nitrogen and oxygen atoms in total. The Morgan fingerprint density at radius 1 is 1.38 bits per heavy atom. The van der Waals surface area contributed by atoms with Crippen molar-refractivity contribution in [3.8, 4) is 5.75 Å². The molecule has 2 rings (SSSR count). The molecule has 1 aliphatic heterocycles. The Morgan fingerprint density at radius 2 is 2.08 bits per heavy atom. The zero-order valence-electron chi connectivity index (χ0n) is 14.6. The number of amides is 1. The summed E-state index contributed by atoms with van der Waals surface area (Å²) in [6, 6.07) is 5.95. The minimum Gasteiger partial charge on any atom is -0.483 e. The molecule has 0 bridgehead atoms. The van der Waals surface area contributed by atoms with Crippen molar-refractivity contribution in [1.29, 1.82) is 0 Å². The Kier molecular flexibility index (Phi) is 5.83. The third kappa shape index (κ3) is 4.47. The molecule has 1 N–H and O–H groups in total. The number of nitrogens with zero attached hydrogens (tertiary/aromatic N) is 1. The van der Waals surface area contributed by atoms with Gasteiger partial charge < -0.3 is 19.5 Å². The van der Waals surface area contributed by atoms with Crippen molar-refractivity contribution in [3.05, 3.63) is 29.3 Å². The summed E-state index contributed by atoms with van der Waals surface area (Å²) in [4.78, 5) is 25.0. The maximum absolute atomic E-state index is 12.4. The topological polar surface area (TPSA) is 76.1 Å². The van der Waals surface area contributed by atoms with Crippen LogP contribution in [0.25, 0.3) is 0 Å². The van der Waals surface area contributed by atoms with Gasteiger partial charge in [-0.2, -0.15) is 0 Å². The third-order valence-corrected chi connectivity index (χ3v) is 4.03. The highest BCUT2D eigenvalue weighted by molar-refractivity contribution is 5.80. The predicted octanol–water partition coefficient (Wildman–Crippen LogP) is 2.20. The van der Waals surface area contributed by atoms with Crippen LogP contribution in [0.3, 0.4) is 0 Å². The first kappa shape index (κ1) is 18.3. The zero-order chi connectivity index (χ0) is 17.9. The number of carboxylic acids is 1. The van der Waals surface area contributed by atoms with Gasteiger partial charge in [-0.15, -0.1) is 0 Å². The number of ether oxygens (including phenoxy) is 2. The summed E-state index contributed by atoms with van der Waals surface area (Å²) >= 11 is 0. The molecule has 0 spiro atoms. The largest absolute Gasteiger partial charge is 0.483 e. The Morgan fingerprint density at radius 3 is 2.71 bits per heavy atom. The molecular weight excluding hydrogens is 310 g/mol. The van der Waals surface area contributed by atoms with E-state index in [4.69, 9.17) is 14.6 Å². The van der Waals surface area contributed by atoms with Gasteiger partial charge in [-0.25, -0.2) is 4.79 Å². The van der Waals surface area contributed by atoms with Crippen LogP contribution in [0, 0.1) is 6.92 Å². The molecule has 0 aliphatic carbocycles. The number of rotatable bonds is 5. The lowest BCUT2D eigenvalue weighted by Gasteiger charge is -2.34. The van der Waals surface area contributed by atoms with Crippen LogP contribution in [-0.2, 0) is 14.3 Å². The van der Waals surface area contributed by atoms with E-state index < -0.39 is 12.1 Å². The lowest BCUT2D eigenvalue weighted by Crippen LogP contribution is -2.52. The molecule has 1 aromatic carbocycles. The molecule has 1 unspecified atom stereocenters. The second-order valence-electron chi connectivity index (χ2n) is 6.56. The van der Waals surface area contributed by atoms with Crippen LogP contribution in [-0.4, -0.2) is 53.8 Å². The fraction of sp³-hybridized carbons (Fsp3) is 0.556. The maximum atomic E-state index is 12.4. The van der Waals surface area contributed by atoms with Crippen LogP contribution in [0.4, 0.5) is 0 Å². The van der Waals surface area contributed by atoms with Crippen LogP contribution < -0.4 is 4.74 Å². The van der Waals surface area contributed by atoms with E-state index in [-0.39, 0.29) is 31.1 Å². The third-order valence-electron chi connectivity index (χ3n) is 4.03. The molecular formula is C18H25NO5. The highest BCUT2D eigenvalue weighted by Gasteiger charge is 2.32. The number of aliphatic carboxylic acids is 1. The van der Waals surface area contributed by atoms with Crippen molar-refractivity contribution >= 4 is 11.9 Å². The van der Waals surface area contributed by atoms with Gasteiger partial charge >= 0.3 is 5.97 Å². The number of benzene rings is 1. The maximum Gasteiger partial charge on any atom is 0.334 e. The molecule has 6 heteroatoms. The van der Waals surface area contributed by atoms with Crippen molar-refractivity contribution in [2.24, 2.45) is 0 Å². The fourth-order valence-corrected chi connectivity index (χ4v) is 2.77. The summed E-state index contributed by atoms with van der Waals surface area (Å²) in [6.07, 6.45) is -1.29. The molecule has 132 valence electrons. The van der Waals surface area contributed by atoms with Gasteiger partial charge in [-0.1, -0.05) is 26.0 Å². The van der Waals surface area contributed by atoms with Crippen LogP contribution in [0.15, 0.2) is 18.2 Å². The standard InChI is InChI=1S/C18H25NO5/c1-11(2)14-6-5-12(3)7-15(14)23-10-17(20)19-8-13(4)24-16(9-19)18(21)22/h5-7,11,13,16H,8-10H2,1-4H3,(H,21,22)/t13-,16?/m1/s1. The van der Waals surface area contributed by atoms with Gasteiger partial charge in [0, 0.05) is 6.54 Å². The van der Waals surface area contributed by atoms with Crippen molar-refractivity contribution < 1.29 is 24.2 Å². The van der Waals surface area contributed by atoms with Crippen molar-refractivity contribution in [3.63, 3.8) is 0 Å². The quantitative estimate of drug-likeness (QED) is 0.893. The van der Waals surface area contributed by atoms with Crippen LogP contribution in [0.1, 0.15) is 37.8 Å². The van der Waals surface area contributed by atoms with E-state index in [0.717, 1.165) is 11.1 Å². The van der Waals surface area contributed by atoms with Crippen molar-refractivity contribution in [2.75, 3.05) is 19.7 Å².